The number of carbonyl (C=O) groups is 4. The molecule has 22 heavy (non-hydrogen) atoms. The summed E-state index contributed by atoms with van der Waals surface area (Å²) in [6.07, 6.45) is 0.715. The minimum absolute atomic E-state index is 0.123. The summed E-state index contributed by atoms with van der Waals surface area (Å²) in [6, 6.07) is 1.73. The van der Waals surface area contributed by atoms with Gasteiger partial charge in [-0.2, -0.15) is 0 Å². The van der Waals surface area contributed by atoms with Crippen molar-refractivity contribution in [3.8, 4) is 0 Å². The molecule has 0 aliphatic heterocycles. The van der Waals surface area contributed by atoms with Gasteiger partial charge in [-0.15, -0.1) is 0 Å². The summed E-state index contributed by atoms with van der Waals surface area (Å²) in [5.41, 5.74) is -1.51. The van der Waals surface area contributed by atoms with E-state index < -0.39 is 40.6 Å². The average Bonchev–Trinajstić information content (AvgIpc) is 2.45. The van der Waals surface area contributed by atoms with E-state index in [-0.39, 0.29) is 18.6 Å². The zero-order chi connectivity index (χ0) is 16.9. The topological polar surface area (TPSA) is 138 Å². The first-order valence-corrected chi connectivity index (χ1v) is 5.94. The molecule has 0 radical (unpaired) electrons. The molecule has 0 heterocycles. The number of esters is 1. The van der Waals surface area contributed by atoms with Crippen LogP contribution in [0.2, 0.25) is 0 Å². The number of rotatable bonds is 7. The van der Waals surface area contributed by atoms with Crippen LogP contribution in [0.3, 0.4) is 0 Å². The molecule has 8 nitrogen and oxygen atoms in total. The summed E-state index contributed by atoms with van der Waals surface area (Å²) in [6.45, 7) is 2.91. The van der Waals surface area contributed by atoms with Crippen LogP contribution in [-0.2, 0) is 16.0 Å². The summed E-state index contributed by atoms with van der Waals surface area (Å²) >= 11 is 0. The molecule has 1 rings (SSSR count). The molecule has 1 aromatic rings. The van der Waals surface area contributed by atoms with Crippen LogP contribution in [0.25, 0.3) is 0 Å². The molecule has 0 aliphatic carbocycles. The Morgan fingerprint density at radius 2 is 1.50 bits per heavy atom. The van der Waals surface area contributed by atoms with Crippen LogP contribution in [-0.4, -0.2) is 45.8 Å². The quantitative estimate of drug-likeness (QED) is 0.502. The van der Waals surface area contributed by atoms with Crippen molar-refractivity contribution in [2.75, 3.05) is 6.61 Å². The lowest BCUT2D eigenvalue weighted by atomic mass is 9.95. The van der Waals surface area contributed by atoms with Gasteiger partial charge in [-0.05, 0) is 17.7 Å². The zero-order valence-electron chi connectivity index (χ0n) is 11.2. The summed E-state index contributed by atoms with van der Waals surface area (Å²) in [7, 11) is 0. The number of carbonyl (C=O) groups excluding carboxylic acids is 1. The van der Waals surface area contributed by atoms with E-state index in [1.165, 1.54) is 0 Å². The Kier molecular flexibility index (Phi) is 5.39. The van der Waals surface area contributed by atoms with Crippen LogP contribution in [0.4, 0.5) is 0 Å². The van der Waals surface area contributed by atoms with E-state index in [1.54, 1.807) is 0 Å². The third-order valence-corrected chi connectivity index (χ3v) is 2.72. The van der Waals surface area contributed by atoms with Gasteiger partial charge in [-0.3, -0.25) is 0 Å². The molecule has 116 valence electrons. The van der Waals surface area contributed by atoms with Crippen molar-refractivity contribution in [3.05, 3.63) is 47.0 Å². The maximum absolute atomic E-state index is 11.2. The normalized spacial score (nSPS) is 9.82. The molecule has 0 aliphatic rings. The van der Waals surface area contributed by atoms with Gasteiger partial charge < -0.3 is 20.1 Å². The number of ether oxygens (including phenoxy) is 1. The molecule has 0 aromatic heterocycles. The molecule has 8 heteroatoms. The SMILES string of the molecule is C=CC(=O)OCCc1c(C(=O)O)cc(C(=O)O)cc1C(=O)O. The minimum Gasteiger partial charge on any atom is -0.478 e. The molecule has 0 fully saturated rings. The molecule has 0 bridgehead atoms. The lowest BCUT2D eigenvalue weighted by Crippen LogP contribution is -2.15. The monoisotopic (exact) mass is 308 g/mol. The summed E-state index contributed by atoms with van der Waals surface area (Å²) in [4.78, 5) is 44.3. The van der Waals surface area contributed by atoms with Crippen LogP contribution >= 0.6 is 0 Å². The second kappa shape index (κ2) is 7.02. The van der Waals surface area contributed by atoms with Gasteiger partial charge in [0.05, 0.1) is 23.3 Å². The molecular formula is C14H12O8. The fourth-order valence-corrected chi connectivity index (χ4v) is 1.76. The van der Waals surface area contributed by atoms with Crippen molar-refractivity contribution in [1.82, 2.24) is 0 Å². The number of carboxylic acids is 3. The Balaban J connectivity index is 3.29. The average molecular weight is 308 g/mol. The molecule has 0 saturated heterocycles. The largest absolute Gasteiger partial charge is 0.478 e. The number of carboxylic acid groups (broad SMARTS) is 3. The van der Waals surface area contributed by atoms with Crippen molar-refractivity contribution in [2.45, 2.75) is 6.42 Å². The second-order valence-corrected chi connectivity index (χ2v) is 4.09. The van der Waals surface area contributed by atoms with E-state index >= 15 is 0 Å². The smallest absolute Gasteiger partial charge is 0.336 e. The zero-order valence-corrected chi connectivity index (χ0v) is 11.2. The molecule has 0 unspecified atom stereocenters. The van der Waals surface area contributed by atoms with Gasteiger partial charge in [0.15, 0.2) is 0 Å². The standard InChI is InChI=1S/C14H12O8/c1-2-11(15)22-4-3-8-9(13(18)19)5-7(12(16)17)6-10(8)14(20)21/h2,5-6H,1,3-4H2,(H,16,17)(H,18,19)(H,20,21). The van der Waals surface area contributed by atoms with Gasteiger partial charge in [-0.1, -0.05) is 6.58 Å². The van der Waals surface area contributed by atoms with Crippen molar-refractivity contribution in [3.63, 3.8) is 0 Å². The summed E-state index contributed by atoms with van der Waals surface area (Å²) in [5, 5.41) is 27.1. The highest BCUT2D eigenvalue weighted by Crippen LogP contribution is 2.20. The first-order chi connectivity index (χ1) is 10.3. The van der Waals surface area contributed by atoms with Crippen LogP contribution < -0.4 is 0 Å². The molecular weight excluding hydrogens is 296 g/mol. The Labute approximate surface area is 124 Å². The van der Waals surface area contributed by atoms with Gasteiger partial charge in [0.1, 0.15) is 0 Å². The number of hydrogen-bond donors (Lipinski definition) is 3. The third kappa shape index (κ3) is 3.92. The Morgan fingerprint density at radius 3 is 1.86 bits per heavy atom. The Bertz CT molecular complexity index is 624. The predicted molar refractivity (Wildman–Crippen MR) is 72.2 cm³/mol. The van der Waals surface area contributed by atoms with Crippen molar-refractivity contribution in [2.24, 2.45) is 0 Å². The maximum atomic E-state index is 11.2. The van der Waals surface area contributed by atoms with Crippen molar-refractivity contribution < 1.29 is 39.2 Å². The lowest BCUT2D eigenvalue weighted by Gasteiger charge is -2.11. The molecule has 0 atom stereocenters. The second-order valence-electron chi connectivity index (χ2n) is 4.09. The van der Waals surface area contributed by atoms with Crippen molar-refractivity contribution >= 4 is 23.9 Å². The maximum Gasteiger partial charge on any atom is 0.336 e. The van der Waals surface area contributed by atoms with E-state index in [1.807, 2.05) is 0 Å². The molecule has 3 N–H and O–H groups in total. The summed E-state index contributed by atoms with van der Waals surface area (Å²) < 4.78 is 4.68. The fourth-order valence-electron chi connectivity index (χ4n) is 1.76. The van der Waals surface area contributed by atoms with Gasteiger partial charge in [-0.25, -0.2) is 19.2 Å². The van der Waals surface area contributed by atoms with Crippen LogP contribution in [0.5, 0.6) is 0 Å². The van der Waals surface area contributed by atoms with Gasteiger partial charge >= 0.3 is 23.9 Å². The Hall–Kier alpha value is -3.16. The molecule has 0 amide bonds. The Morgan fingerprint density at radius 1 is 1.00 bits per heavy atom. The highest BCUT2D eigenvalue weighted by molar-refractivity contribution is 6.01. The van der Waals surface area contributed by atoms with Gasteiger partial charge in [0.2, 0.25) is 0 Å². The van der Waals surface area contributed by atoms with Gasteiger partial charge in [0.25, 0.3) is 0 Å². The molecule has 1 aromatic carbocycles. The van der Waals surface area contributed by atoms with Crippen LogP contribution in [0, 0.1) is 0 Å². The van der Waals surface area contributed by atoms with E-state index in [0.29, 0.717) is 0 Å². The lowest BCUT2D eigenvalue weighted by molar-refractivity contribution is -0.137. The fraction of sp³-hybridized carbons (Fsp3) is 0.143. The van der Waals surface area contributed by atoms with Gasteiger partial charge in [0, 0.05) is 12.5 Å². The van der Waals surface area contributed by atoms with E-state index in [4.69, 9.17) is 15.3 Å². The van der Waals surface area contributed by atoms with E-state index in [0.717, 1.165) is 18.2 Å². The minimum atomic E-state index is -1.48. The van der Waals surface area contributed by atoms with E-state index in [2.05, 4.69) is 11.3 Å². The molecule has 0 saturated carbocycles. The van der Waals surface area contributed by atoms with Crippen molar-refractivity contribution in [1.29, 1.82) is 0 Å². The van der Waals surface area contributed by atoms with Crippen LogP contribution in [0.1, 0.15) is 36.6 Å². The summed E-state index contributed by atoms with van der Waals surface area (Å²) in [5.74, 6) is -5.14. The van der Waals surface area contributed by atoms with E-state index in [9.17, 15) is 19.2 Å². The molecule has 0 spiro atoms. The first-order valence-electron chi connectivity index (χ1n) is 5.94. The number of aromatic carboxylic acids is 3. The predicted octanol–water partition coefficient (Wildman–Crippen LogP) is 1.05. The number of hydrogen-bond acceptors (Lipinski definition) is 5. The first kappa shape index (κ1) is 16.9. The highest BCUT2D eigenvalue weighted by atomic mass is 16.5. The van der Waals surface area contributed by atoms with Crippen LogP contribution in [0.15, 0.2) is 24.8 Å². The highest BCUT2D eigenvalue weighted by Gasteiger charge is 2.22. The number of benzene rings is 1. The third-order valence-electron chi connectivity index (χ3n) is 2.72.